The number of carbonyl (C=O) groups is 2. The number of sulfonamides is 1. The van der Waals surface area contributed by atoms with Crippen molar-refractivity contribution in [3.63, 3.8) is 0 Å². The molecule has 0 bridgehead atoms. The lowest BCUT2D eigenvalue weighted by Gasteiger charge is -2.34. The van der Waals surface area contributed by atoms with Crippen LogP contribution in [0.25, 0.3) is 0 Å². The quantitative estimate of drug-likeness (QED) is 0.201. The molecule has 0 heterocycles. The molecular weight excluding hydrogens is 650 g/mol. The van der Waals surface area contributed by atoms with Crippen LogP contribution in [-0.2, 0) is 32.6 Å². The summed E-state index contributed by atoms with van der Waals surface area (Å²) in [7, 11) is -2.69. The highest BCUT2D eigenvalue weighted by atomic mass is 79.9. The maximum atomic E-state index is 14.4. The zero-order valence-electron chi connectivity index (χ0n) is 24.1. The van der Waals surface area contributed by atoms with E-state index in [1.165, 1.54) is 24.1 Å². The van der Waals surface area contributed by atoms with Crippen LogP contribution < -0.4 is 9.62 Å². The van der Waals surface area contributed by atoms with Gasteiger partial charge in [-0.3, -0.25) is 13.9 Å². The molecule has 0 unspecified atom stereocenters. The van der Waals surface area contributed by atoms with E-state index in [0.29, 0.717) is 10.6 Å². The minimum Gasteiger partial charge on any atom is -0.357 e. The second-order valence-corrected chi connectivity index (χ2v) is 13.4. The zero-order chi connectivity index (χ0) is 31.1. The van der Waals surface area contributed by atoms with Crippen LogP contribution in [0.4, 0.5) is 5.69 Å². The average Bonchev–Trinajstić information content (AvgIpc) is 3.00. The van der Waals surface area contributed by atoms with E-state index in [1.54, 1.807) is 37.3 Å². The fraction of sp³-hybridized carbons (Fsp3) is 0.212. The lowest BCUT2D eigenvalue weighted by molar-refractivity contribution is -0.139. The normalized spacial score (nSPS) is 11.9. The maximum Gasteiger partial charge on any atom is 0.264 e. The Labute approximate surface area is 266 Å². The first-order chi connectivity index (χ1) is 20.5. The van der Waals surface area contributed by atoms with Crippen LogP contribution in [0.1, 0.15) is 22.3 Å². The van der Waals surface area contributed by atoms with Gasteiger partial charge in [-0.2, -0.15) is 0 Å². The molecule has 1 atom stereocenters. The molecule has 0 saturated heterocycles. The van der Waals surface area contributed by atoms with Crippen LogP contribution in [0.15, 0.2) is 106 Å². The number of hydrogen-bond donors (Lipinski definition) is 1. The fourth-order valence-corrected chi connectivity index (χ4v) is 6.63. The molecule has 0 aromatic heterocycles. The van der Waals surface area contributed by atoms with Gasteiger partial charge in [0.25, 0.3) is 10.0 Å². The predicted molar refractivity (Wildman–Crippen MR) is 175 cm³/mol. The molecule has 0 saturated carbocycles. The van der Waals surface area contributed by atoms with Crippen LogP contribution in [0, 0.1) is 13.8 Å². The molecule has 10 heteroatoms. The van der Waals surface area contributed by atoms with Gasteiger partial charge in [-0.15, -0.1) is 0 Å². The number of carbonyl (C=O) groups excluding carboxylic acids is 2. The third-order valence-corrected chi connectivity index (χ3v) is 9.89. The topological polar surface area (TPSA) is 86.8 Å². The van der Waals surface area contributed by atoms with Crippen molar-refractivity contribution in [1.82, 2.24) is 10.2 Å². The molecule has 7 nitrogen and oxygen atoms in total. The highest BCUT2D eigenvalue weighted by Gasteiger charge is 2.35. The van der Waals surface area contributed by atoms with Crippen molar-refractivity contribution in [3.05, 3.63) is 129 Å². The number of anilines is 1. The van der Waals surface area contributed by atoms with Crippen LogP contribution in [0.3, 0.4) is 0 Å². The summed E-state index contributed by atoms with van der Waals surface area (Å²) in [6.45, 7) is 3.12. The molecule has 224 valence electrons. The molecule has 0 aliphatic heterocycles. The highest BCUT2D eigenvalue weighted by molar-refractivity contribution is 9.10. The van der Waals surface area contributed by atoms with Crippen molar-refractivity contribution in [3.8, 4) is 0 Å². The summed E-state index contributed by atoms with van der Waals surface area (Å²) in [4.78, 5) is 29.2. The first-order valence-electron chi connectivity index (χ1n) is 13.6. The van der Waals surface area contributed by atoms with Gasteiger partial charge in [-0.25, -0.2) is 8.42 Å². The number of nitrogens with one attached hydrogen (secondary N) is 1. The second-order valence-electron chi connectivity index (χ2n) is 10.2. The Bertz CT molecular complexity index is 1680. The second kappa shape index (κ2) is 14.2. The van der Waals surface area contributed by atoms with E-state index < -0.39 is 28.5 Å². The van der Waals surface area contributed by atoms with Gasteiger partial charge in [0, 0.05) is 29.5 Å². The number of rotatable bonds is 11. The highest BCUT2D eigenvalue weighted by Crippen LogP contribution is 2.31. The Hall–Kier alpha value is -3.66. The first-order valence-corrected chi connectivity index (χ1v) is 16.3. The third-order valence-electron chi connectivity index (χ3n) is 7.18. The van der Waals surface area contributed by atoms with E-state index >= 15 is 0 Å². The number of benzene rings is 4. The van der Waals surface area contributed by atoms with Gasteiger partial charge in [-0.1, -0.05) is 93.8 Å². The number of nitrogens with zero attached hydrogens (tertiary/aromatic N) is 2. The van der Waals surface area contributed by atoms with E-state index in [4.69, 9.17) is 11.6 Å². The van der Waals surface area contributed by atoms with Crippen molar-refractivity contribution < 1.29 is 18.0 Å². The number of likely N-dealkylation sites (N-methyl/N-ethyl adjacent to an activating group) is 1. The van der Waals surface area contributed by atoms with Gasteiger partial charge in [0.05, 0.1) is 10.6 Å². The Morgan fingerprint density at radius 3 is 2.14 bits per heavy atom. The SMILES string of the molecule is CNC(=O)[C@@H](Cc1ccccc1)N(Cc1ccc(Br)cc1)C(=O)CN(c1cccc(Cl)c1C)S(=O)(=O)c1ccc(C)cc1. The maximum absolute atomic E-state index is 14.4. The molecule has 1 N–H and O–H groups in total. The minimum atomic E-state index is -4.21. The average molecular weight is 683 g/mol. The summed E-state index contributed by atoms with van der Waals surface area (Å²) in [5.74, 6) is -0.899. The number of amides is 2. The zero-order valence-corrected chi connectivity index (χ0v) is 27.3. The fourth-order valence-electron chi connectivity index (χ4n) is 4.72. The summed E-state index contributed by atoms with van der Waals surface area (Å²) in [6.07, 6.45) is 0.240. The predicted octanol–water partition coefficient (Wildman–Crippen LogP) is 6.30. The molecular formula is C33H33BrClN3O4S. The smallest absolute Gasteiger partial charge is 0.264 e. The summed E-state index contributed by atoms with van der Waals surface area (Å²) in [5.41, 5.74) is 3.34. The molecule has 0 radical (unpaired) electrons. The van der Waals surface area contributed by atoms with E-state index in [-0.39, 0.29) is 29.5 Å². The summed E-state index contributed by atoms with van der Waals surface area (Å²) >= 11 is 9.86. The molecule has 0 aliphatic carbocycles. The van der Waals surface area contributed by atoms with Crippen LogP contribution in [0.5, 0.6) is 0 Å². The van der Waals surface area contributed by atoms with Gasteiger partial charge in [0.1, 0.15) is 12.6 Å². The first kappa shape index (κ1) is 32.3. The van der Waals surface area contributed by atoms with Crippen LogP contribution in [0.2, 0.25) is 5.02 Å². The van der Waals surface area contributed by atoms with E-state index in [9.17, 15) is 18.0 Å². The Kier molecular flexibility index (Phi) is 10.7. The largest absolute Gasteiger partial charge is 0.357 e. The van der Waals surface area contributed by atoms with Gasteiger partial charge in [0.2, 0.25) is 11.8 Å². The third kappa shape index (κ3) is 7.84. The summed E-state index contributed by atoms with van der Waals surface area (Å²) in [6, 6.07) is 27.3. The lowest BCUT2D eigenvalue weighted by Crippen LogP contribution is -2.53. The number of aryl methyl sites for hydroxylation is 1. The minimum absolute atomic E-state index is 0.0388. The number of halogens is 2. The van der Waals surface area contributed by atoms with E-state index in [1.807, 2.05) is 61.5 Å². The molecule has 4 aromatic rings. The molecule has 4 aromatic carbocycles. The molecule has 0 aliphatic rings. The van der Waals surface area contributed by atoms with Gasteiger partial charge in [0.15, 0.2) is 0 Å². The standard InChI is InChI=1S/C33H33BrClN3O4S/c1-23-12-18-28(19-13-23)43(41,42)38(30-11-7-10-29(35)24(30)2)22-32(39)37(21-26-14-16-27(34)17-15-26)31(33(40)36-3)20-25-8-5-4-6-9-25/h4-19,31H,20-22H2,1-3H3,(H,36,40)/t31-/m1/s1. The Morgan fingerprint density at radius 1 is 0.860 bits per heavy atom. The molecule has 43 heavy (non-hydrogen) atoms. The van der Waals surface area contributed by atoms with Gasteiger partial charge >= 0.3 is 0 Å². The van der Waals surface area contributed by atoms with Crippen molar-refractivity contribution >= 4 is 55.1 Å². The van der Waals surface area contributed by atoms with Crippen LogP contribution in [-0.4, -0.2) is 44.8 Å². The van der Waals surface area contributed by atoms with Crippen LogP contribution >= 0.6 is 27.5 Å². The lowest BCUT2D eigenvalue weighted by atomic mass is 10.0. The van der Waals surface area contributed by atoms with Crippen molar-refractivity contribution in [2.24, 2.45) is 0 Å². The monoisotopic (exact) mass is 681 g/mol. The van der Waals surface area contributed by atoms with Crippen molar-refractivity contribution in [1.29, 1.82) is 0 Å². The summed E-state index contributed by atoms with van der Waals surface area (Å²) in [5, 5.41) is 3.06. The Balaban J connectivity index is 1.81. The van der Waals surface area contributed by atoms with Crippen molar-refractivity contribution in [2.75, 3.05) is 17.9 Å². The Morgan fingerprint density at radius 2 is 1.51 bits per heavy atom. The molecule has 4 rings (SSSR count). The van der Waals surface area contributed by atoms with Gasteiger partial charge in [-0.05, 0) is 66.9 Å². The van der Waals surface area contributed by atoms with E-state index in [0.717, 1.165) is 25.5 Å². The summed E-state index contributed by atoms with van der Waals surface area (Å²) < 4.78 is 30.2. The number of hydrogen-bond acceptors (Lipinski definition) is 4. The molecule has 0 fully saturated rings. The van der Waals surface area contributed by atoms with Crippen molar-refractivity contribution in [2.45, 2.75) is 37.8 Å². The van der Waals surface area contributed by atoms with E-state index in [2.05, 4.69) is 21.2 Å². The molecule has 0 spiro atoms. The molecule has 2 amide bonds. The van der Waals surface area contributed by atoms with Gasteiger partial charge < -0.3 is 10.2 Å².